The van der Waals surface area contributed by atoms with E-state index in [4.69, 9.17) is 4.74 Å². The van der Waals surface area contributed by atoms with Gasteiger partial charge in [0, 0.05) is 12.6 Å². The molecule has 0 saturated carbocycles. The first kappa shape index (κ1) is 11.4. The third kappa shape index (κ3) is 1.70. The highest BCUT2D eigenvalue weighted by Gasteiger charge is 2.42. The molecule has 0 spiro atoms. The predicted molar refractivity (Wildman–Crippen MR) is 68.8 cm³/mol. The van der Waals surface area contributed by atoms with Gasteiger partial charge in [0.15, 0.2) is 0 Å². The quantitative estimate of drug-likeness (QED) is 0.789. The monoisotopic (exact) mass is 262 g/mol. The van der Waals surface area contributed by atoms with Crippen LogP contribution in [-0.2, 0) is 22.6 Å². The molecule has 0 aromatic carbocycles. The van der Waals surface area contributed by atoms with E-state index in [0.717, 1.165) is 37.3 Å². The molecule has 1 amide bonds. The van der Waals surface area contributed by atoms with E-state index in [0.29, 0.717) is 12.6 Å². The zero-order valence-electron chi connectivity index (χ0n) is 11.0. The van der Waals surface area contributed by atoms with Crippen molar-refractivity contribution in [1.29, 1.82) is 0 Å². The molecule has 1 aromatic rings. The number of carbonyl (C=O) groups excluding carboxylic acids is 1. The van der Waals surface area contributed by atoms with E-state index in [1.54, 1.807) is 0 Å². The summed E-state index contributed by atoms with van der Waals surface area (Å²) in [6, 6.07) is 0.428. The molecule has 19 heavy (non-hydrogen) atoms. The van der Waals surface area contributed by atoms with Crippen LogP contribution < -0.4 is 10.2 Å². The van der Waals surface area contributed by atoms with Gasteiger partial charge in [0.1, 0.15) is 6.10 Å². The summed E-state index contributed by atoms with van der Waals surface area (Å²) in [4.78, 5) is 14.3. The first-order chi connectivity index (χ1) is 9.22. The van der Waals surface area contributed by atoms with E-state index in [9.17, 15) is 4.79 Å². The van der Waals surface area contributed by atoms with Gasteiger partial charge in [0.05, 0.1) is 36.8 Å². The molecule has 2 fully saturated rings. The minimum Gasteiger partial charge on any atom is -0.363 e. The van der Waals surface area contributed by atoms with Crippen molar-refractivity contribution in [2.45, 2.75) is 51.1 Å². The number of rotatable bonds is 1. The second-order valence-electron chi connectivity index (χ2n) is 5.71. The molecule has 4 heterocycles. The summed E-state index contributed by atoms with van der Waals surface area (Å²) in [5, 5.41) is 7.86. The van der Waals surface area contributed by atoms with Crippen LogP contribution >= 0.6 is 0 Å². The molecule has 1 aromatic heterocycles. The molecule has 6 nitrogen and oxygen atoms in total. The lowest BCUT2D eigenvalue weighted by Gasteiger charge is -2.32. The standard InChI is InChI=1S/C13H18N4O2/c1-8-6-17-11(4-14-8)10(5-15-17)16-7-9-2-3-12(19-9)13(16)18/h5,8-9,12,14H,2-4,6-7H2,1H3/t8-,9?,12-/m0/s1. The molecule has 0 aliphatic carbocycles. The van der Waals surface area contributed by atoms with Crippen molar-refractivity contribution in [1.82, 2.24) is 15.1 Å². The lowest BCUT2D eigenvalue weighted by molar-refractivity contribution is -0.133. The highest BCUT2D eigenvalue weighted by Crippen LogP contribution is 2.32. The maximum Gasteiger partial charge on any atom is 0.256 e. The Labute approximate surface area is 111 Å². The summed E-state index contributed by atoms with van der Waals surface area (Å²) in [7, 11) is 0. The number of hydrogen-bond acceptors (Lipinski definition) is 4. The number of nitrogens with one attached hydrogen (secondary N) is 1. The van der Waals surface area contributed by atoms with Crippen LogP contribution in [0.3, 0.4) is 0 Å². The van der Waals surface area contributed by atoms with Gasteiger partial charge in [-0.25, -0.2) is 0 Å². The molecule has 4 rings (SSSR count). The third-order valence-electron chi connectivity index (χ3n) is 4.32. The average molecular weight is 262 g/mol. The number of nitrogens with zero attached hydrogens (tertiary/aromatic N) is 3. The molecule has 1 N–H and O–H groups in total. The molecular weight excluding hydrogens is 244 g/mol. The van der Waals surface area contributed by atoms with Crippen LogP contribution in [0.2, 0.25) is 0 Å². The zero-order valence-corrected chi connectivity index (χ0v) is 11.0. The Kier molecular flexibility index (Phi) is 2.43. The van der Waals surface area contributed by atoms with Gasteiger partial charge in [0.2, 0.25) is 0 Å². The van der Waals surface area contributed by atoms with Crippen LogP contribution in [0, 0.1) is 0 Å². The maximum atomic E-state index is 12.4. The number of carbonyl (C=O) groups is 1. The predicted octanol–water partition coefficient (Wildman–Crippen LogP) is 0.269. The molecule has 2 bridgehead atoms. The first-order valence-corrected chi connectivity index (χ1v) is 6.97. The average Bonchev–Trinajstić information content (AvgIpc) is 2.98. The van der Waals surface area contributed by atoms with E-state index in [2.05, 4.69) is 17.3 Å². The fraction of sp³-hybridized carbons (Fsp3) is 0.692. The molecule has 1 unspecified atom stereocenters. The topological polar surface area (TPSA) is 59.4 Å². The van der Waals surface area contributed by atoms with Crippen molar-refractivity contribution >= 4 is 11.6 Å². The summed E-state index contributed by atoms with van der Waals surface area (Å²) in [5.41, 5.74) is 2.08. The van der Waals surface area contributed by atoms with Crippen molar-refractivity contribution in [3.63, 3.8) is 0 Å². The van der Waals surface area contributed by atoms with E-state index in [1.165, 1.54) is 0 Å². The molecule has 3 aliphatic rings. The van der Waals surface area contributed by atoms with Gasteiger partial charge in [-0.1, -0.05) is 0 Å². The fourth-order valence-electron chi connectivity index (χ4n) is 3.27. The van der Waals surface area contributed by atoms with E-state index >= 15 is 0 Å². The Morgan fingerprint density at radius 3 is 3.21 bits per heavy atom. The lowest BCUT2D eigenvalue weighted by atomic mass is 10.2. The van der Waals surface area contributed by atoms with Crippen LogP contribution in [-0.4, -0.2) is 40.5 Å². The molecular formula is C13H18N4O2. The SMILES string of the molecule is C[C@H]1Cn2ncc(N3CC4CC[C@H](O4)C3=O)c2CN1. The summed E-state index contributed by atoms with van der Waals surface area (Å²) in [5.74, 6) is 0.100. The minimum absolute atomic E-state index is 0.100. The van der Waals surface area contributed by atoms with E-state index < -0.39 is 0 Å². The second kappa shape index (κ2) is 4.05. The van der Waals surface area contributed by atoms with Crippen molar-refractivity contribution in [3.05, 3.63) is 11.9 Å². The Balaban J connectivity index is 1.68. The number of morpholine rings is 1. The number of hydrogen-bond donors (Lipinski definition) is 1. The van der Waals surface area contributed by atoms with Crippen LogP contribution in [0.5, 0.6) is 0 Å². The van der Waals surface area contributed by atoms with Gasteiger partial charge in [-0.15, -0.1) is 0 Å². The first-order valence-electron chi connectivity index (χ1n) is 6.97. The summed E-state index contributed by atoms with van der Waals surface area (Å²) >= 11 is 0. The van der Waals surface area contributed by atoms with Gasteiger partial charge in [-0.2, -0.15) is 5.10 Å². The van der Waals surface area contributed by atoms with Crippen molar-refractivity contribution in [3.8, 4) is 0 Å². The van der Waals surface area contributed by atoms with Crippen molar-refractivity contribution < 1.29 is 9.53 Å². The minimum atomic E-state index is -0.232. The maximum absolute atomic E-state index is 12.4. The molecule has 3 atom stereocenters. The number of aromatic nitrogens is 2. The normalized spacial score (nSPS) is 33.6. The molecule has 102 valence electrons. The Hall–Kier alpha value is -1.40. The largest absolute Gasteiger partial charge is 0.363 e. The van der Waals surface area contributed by atoms with Crippen LogP contribution in [0.4, 0.5) is 5.69 Å². The number of fused-ring (bicyclic) bond motifs is 3. The lowest BCUT2D eigenvalue weighted by Crippen LogP contribution is -2.48. The van der Waals surface area contributed by atoms with Gasteiger partial charge in [0.25, 0.3) is 5.91 Å². The van der Waals surface area contributed by atoms with Crippen LogP contribution in [0.25, 0.3) is 0 Å². The number of anilines is 1. The zero-order chi connectivity index (χ0) is 13.0. The summed E-state index contributed by atoms with van der Waals surface area (Å²) in [6.45, 7) is 4.45. The number of amides is 1. The Morgan fingerprint density at radius 1 is 1.42 bits per heavy atom. The van der Waals surface area contributed by atoms with E-state index in [-0.39, 0.29) is 18.1 Å². The van der Waals surface area contributed by atoms with Crippen molar-refractivity contribution in [2.75, 3.05) is 11.4 Å². The van der Waals surface area contributed by atoms with Gasteiger partial charge < -0.3 is 15.0 Å². The molecule has 2 saturated heterocycles. The highest BCUT2D eigenvalue weighted by molar-refractivity contribution is 5.98. The smallest absolute Gasteiger partial charge is 0.256 e. The summed E-state index contributed by atoms with van der Waals surface area (Å²) in [6.07, 6.45) is 3.65. The van der Waals surface area contributed by atoms with E-state index in [1.807, 2.05) is 15.8 Å². The Morgan fingerprint density at radius 2 is 2.32 bits per heavy atom. The van der Waals surface area contributed by atoms with Gasteiger partial charge >= 0.3 is 0 Å². The fourth-order valence-corrected chi connectivity index (χ4v) is 3.27. The molecule has 6 heteroatoms. The second-order valence-corrected chi connectivity index (χ2v) is 5.71. The number of ether oxygens (including phenoxy) is 1. The van der Waals surface area contributed by atoms with Crippen LogP contribution in [0.15, 0.2) is 6.20 Å². The summed E-state index contributed by atoms with van der Waals surface area (Å²) < 4.78 is 7.68. The van der Waals surface area contributed by atoms with Gasteiger partial charge in [-0.3, -0.25) is 9.48 Å². The van der Waals surface area contributed by atoms with Gasteiger partial charge in [-0.05, 0) is 19.8 Å². The molecule has 0 radical (unpaired) electrons. The van der Waals surface area contributed by atoms with Crippen molar-refractivity contribution in [2.24, 2.45) is 0 Å². The Bertz CT molecular complexity index is 527. The highest BCUT2D eigenvalue weighted by atomic mass is 16.5. The van der Waals surface area contributed by atoms with Crippen LogP contribution in [0.1, 0.15) is 25.5 Å². The third-order valence-corrected chi connectivity index (χ3v) is 4.32. The molecule has 3 aliphatic heterocycles.